The van der Waals surface area contributed by atoms with E-state index in [2.05, 4.69) is 10.6 Å². The Morgan fingerprint density at radius 2 is 1.92 bits per heavy atom. The van der Waals surface area contributed by atoms with Crippen LogP contribution in [0, 0.1) is 5.92 Å². The van der Waals surface area contributed by atoms with E-state index in [1.54, 1.807) is 18.2 Å². The molecule has 0 atom stereocenters. The summed E-state index contributed by atoms with van der Waals surface area (Å²) in [5.74, 6) is 0.0711. The van der Waals surface area contributed by atoms with Crippen LogP contribution in [0.15, 0.2) is 18.2 Å². The number of hydrogen-bond donors (Lipinski definition) is 2. The van der Waals surface area contributed by atoms with Crippen LogP contribution < -0.4 is 10.6 Å². The normalized spacial score (nSPS) is 19.1. The highest BCUT2D eigenvalue weighted by Gasteiger charge is 2.24. The first-order valence-electron chi connectivity index (χ1n) is 8.75. The van der Waals surface area contributed by atoms with Gasteiger partial charge in [0, 0.05) is 31.1 Å². The lowest BCUT2D eigenvalue weighted by Crippen LogP contribution is -2.34. The van der Waals surface area contributed by atoms with E-state index in [0.717, 1.165) is 51.7 Å². The lowest BCUT2D eigenvalue weighted by molar-refractivity contribution is -0.119. The van der Waals surface area contributed by atoms with Gasteiger partial charge in [0.05, 0.1) is 10.7 Å². The van der Waals surface area contributed by atoms with E-state index in [0.29, 0.717) is 22.8 Å². The van der Waals surface area contributed by atoms with E-state index >= 15 is 0 Å². The van der Waals surface area contributed by atoms with Crippen molar-refractivity contribution in [2.24, 2.45) is 5.92 Å². The first kappa shape index (κ1) is 17.2. The summed E-state index contributed by atoms with van der Waals surface area (Å²) in [4.78, 5) is 26.9. The maximum atomic E-state index is 12.7. The molecule has 2 aliphatic rings. The molecule has 2 amide bonds. The Labute approximate surface area is 147 Å². The molecule has 1 aromatic rings. The van der Waals surface area contributed by atoms with Crippen molar-refractivity contribution in [3.8, 4) is 0 Å². The average Bonchev–Trinajstić information content (AvgIpc) is 2.99. The maximum absolute atomic E-state index is 12.7. The highest BCUT2D eigenvalue weighted by Crippen LogP contribution is 2.29. The third-order valence-electron chi connectivity index (χ3n) is 4.82. The smallest absolute Gasteiger partial charge is 0.253 e. The number of nitrogens with zero attached hydrogens (tertiary/aromatic N) is 1. The SMILES string of the molecule is O=C(Nc1cc(C(=O)N2CCCNCC2)ccc1Cl)C1CCCC1. The lowest BCUT2D eigenvalue weighted by atomic mass is 10.1. The Hall–Kier alpha value is -1.59. The minimum atomic E-state index is -0.00766. The quantitative estimate of drug-likeness (QED) is 0.882. The fraction of sp³-hybridized carbons (Fsp3) is 0.556. The zero-order valence-electron chi connectivity index (χ0n) is 13.8. The molecular formula is C18H24ClN3O2. The monoisotopic (exact) mass is 349 g/mol. The van der Waals surface area contributed by atoms with Crippen LogP contribution in [0.25, 0.3) is 0 Å². The molecule has 2 N–H and O–H groups in total. The minimum absolute atomic E-state index is 0.00766. The van der Waals surface area contributed by atoms with Gasteiger partial charge in [0.25, 0.3) is 5.91 Å². The minimum Gasteiger partial charge on any atom is -0.337 e. The summed E-state index contributed by atoms with van der Waals surface area (Å²) in [6, 6.07) is 5.12. The first-order chi connectivity index (χ1) is 11.6. The Morgan fingerprint density at radius 1 is 1.12 bits per heavy atom. The van der Waals surface area contributed by atoms with Crippen molar-refractivity contribution in [1.82, 2.24) is 10.2 Å². The predicted molar refractivity (Wildman–Crippen MR) is 95.4 cm³/mol. The third kappa shape index (κ3) is 4.08. The molecule has 6 heteroatoms. The van der Waals surface area contributed by atoms with Gasteiger partial charge < -0.3 is 15.5 Å². The van der Waals surface area contributed by atoms with Crippen LogP contribution in [-0.2, 0) is 4.79 Å². The van der Waals surface area contributed by atoms with Crippen LogP contribution in [0.3, 0.4) is 0 Å². The predicted octanol–water partition coefficient (Wildman–Crippen LogP) is 2.90. The van der Waals surface area contributed by atoms with E-state index in [1.165, 1.54) is 0 Å². The molecule has 3 rings (SSSR count). The molecule has 1 aliphatic heterocycles. The van der Waals surface area contributed by atoms with Gasteiger partial charge in [-0.1, -0.05) is 24.4 Å². The Kier molecular flexibility index (Phi) is 5.74. The second kappa shape index (κ2) is 7.99. The van der Waals surface area contributed by atoms with Crippen molar-refractivity contribution in [3.05, 3.63) is 28.8 Å². The number of anilines is 1. The summed E-state index contributed by atoms with van der Waals surface area (Å²) in [5.41, 5.74) is 1.11. The van der Waals surface area contributed by atoms with Crippen LogP contribution >= 0.6 is 11.6 Å². The number of rotatable bonds is 3. The van der Waals surface area contributed by atoms with Gasteiger partial charge in [0.1, 0.15) is 0 Å². The zero-order valence-corrected chi connectivity index (χ0v) is 14.6. The second-order valence-electron chi connectivity index (χ2n) is 6.56. The summed E-state index contributed by atoms with van der Waals surface area (Å²) < 4.78 is 0. The Balaban J connectivity index is 1.72. The molecule has 130 valence electrons. The van der Waals surface area contributed by atoms with E-state index in [1.807, 2.05) is 4.90 Å². The van der Waals surface area contributed by atoms with Gasteiger partial charge >= 0.3 is 0 Å². The van der Waals surface area contributed by atoms with Crippen molar-refractivity contribution in [2.75, 3.05) is 31.5 Å². The molecule has 1 heterocycles. The fourth-order valence-electron chi connectivity index (χ4n) is 3.41. The summed E-state index contributed by atoms with van der Waals surface area (Å²) in [6.07, 6.45) is 5.02. The van der Waals surface area contributed by atoms with Gasteiger partial charge in [0.2, 0.25) is 5.91 Å². The molecule has 2 fully saturated rings. The summed E-state index contributed by atoms with van der Waals surface area (Å²) >= 11 is 6.21. The highest BCUT2D eigenvalue weighted by atomic mass is 35.5. The maximum Gasteiger partial charge on any atom is 0.253 e. The molecule has 1 saturated carbocycles. The number of hydrogen-bond acceptors (Lipinski definition) is 3. The van der Waals surface area contributed by atoms with E-state index in [-0.39, 0.29) is 17.7 Å². The van der Waals surface area contributed by atoms with Crippen molar-refractivity contribution in [3.63, 3.8) is 0 Å². The van der Waals surface area contributed by atoms with Crippen molar-refractivity contribution in [2.45, 2.75) is 32.1 Å². The van der Waals surface area contributed by atoms with Crippen molar-refractivity contribution < 1.29 is 9.59 Å². The second-order valence-corrected chi connectivity index (χ2v) is 6.97. The van der Waals surface area contributed by atoms with Gasteiger partial charge in [-0.3, -0.25) is 9.59 Å². The number of amides is 2. The number of carbonyl (C=O) groups is 2. The number of nitrogens with one attached hydrogen (secondary N) is 2. The van der Waals surface area contributed by atoms with E-state index in [9.17, 15) is 9.59 Å². The highest BCUT2D eigenvalue weighted by molar-refractivity contribution is 6.33. The van der Waals surface area contributed by atoms with Crippen LogP contribution in [0.1, 0.15) is 42.5 Å². The molecule has 24 heavy (non-hydrogen) atoms. The number of carbonyl (C=O) groups excluding carboxylic acids is 2. The molecule has 1 aromatic carbocycles. The molecule has 0 spiro atoms. The molecular weight excluding hydrogens is 326 g/mol. The Morgan fingerprint density at radius 3 is 2.71 bits per heavy atom. The van der Waals surface area contributed by atoms with Gasteiger partial charge in [-0.05, 0) is 44.0 Å². The van der Waals surface area contributed by atoms with Gasteiger partial charge in [-0.2, -0.15) is 0 Å². The molecule has 0 unspecified atom stereocenters. The average molecular weight is 350 g/mol. The van der Waals surface area contributed by atoms with Gasteiger partial charge in [-0.25, -0.2) is 0 Å². The fourth-order valence-corrected chi connectivity index (χ4v) is 3.57. The molecule has 1 saturated heterocycles. The van der Waals surface area contributed by atoms with Crippen LogP contribution in [0.4, 0.5) is 5.69 Å². The topological polar surface area (TPSA) is 61.4 Å². The number of benzene rings is 1. The lowest BCUT2D eigenvalue weighted by Gasteiger charge is -2.20. The Bertz CT molecular complexity index is 606. The summed E-state index contributed by atoms with van der Waals surface area (Å²) in [6.45, 7) is 3.20. The van der Waals surface area contributed by atoms with Gasteiger partial charge in [0.15, 0.2) is 0 Å². The van der Waals surface area contributed by atoms with Crippen LogP contribution in [0.5, 0.6) is 0 Å². The molecule has 1 aliphatic carbocycles. The van der Waals surface area contributed by atoms with Gasteiger partial charge in [-0.15, -0.1) is 0 Å². The molecule has 0 aromatic heterocycles. The molecule has 0 bridgehead atoms. The standard InChI is InChI=1S/C18H24ClN3O2/c19-15-7-6-14(18(24)22-10-3-8-20-9-11-22)12-16(15)21-17(23)13-4-1-2-5-13/h6-7,12-13,20H,1-5,8-11H2,(H,21,23). The first-order valence-corrected chi connectivity index (χ1v) is 9.13. The number of halogens is 1. The van der Waals surface area contributed by atoms with Crippen LogP contribution in [0.2, 0.25) is 5.02 Å². The van der Waals surface area contributed by atoms with Crippen LogP contribution in [-0.4, -0.2) is 42.9 Å². The van der Waals surface area contributed by atoms with Crippen molar-refractivity contribution >= 4 is 29.1 Å². The largest absolute Gasteiger partial charge is 0.337 e. The molecule has 0 radical (unpaired) electrons. The summed E-state index contributed by atoms with van der Waals surface area (Å²) in [5, 5.41) is 6.67. The summed E-state index contributed by atoms with van der Waals surface area (Å²) in [7, 11) is 0. The van der Waals surface area contributed by atoms with E-state index < -0.39 is 0 Å². The zero-order chi connectivity index (χ0) is 16.9. The molecule has 5 nitrogen and oxygen atoms in total. The van der Waals surface area contributed by atoms with Crippen molar-refractivity contribution in [1.29, 1.82) is 0 Å². The van der Waals surface area contributed by atoms with E-state index in [4.69, 9.17) is 11.6 Å². The third-order valence-corrected chi connectivity index (χ3v) is 5.15.